The molecule has 1 fully saturated rings. The summed E-state index contributed by atoms with van der Waals surface area (Å²) in [4.78, 5) is 11.8. The lowest BCUT2D eigenvalue weighted by Crippen LogP contribution is -2.16. The standard InChI is InChI=1S/C14H18F2N2O2/c15-14(16)20-12-4-2-1-3-11(12)18-13(19)6-5-10-7-8-17-9-10/h1-4,10,14,17H,5-9H2,(H,18,19). The summed E-state index contributed by atoms with van der Waals surface area (Å²) in [6.45, 7) is -0.965. The third kappa shape index (κ3) is 4.45. The molecule has 110 valence electrons. The molecule has 0 aromatic heterocycles. The Balaban J connectivity index is 1.86. The van der Waals surface area contributed by atoms with E-state index < -0.39 is 6.61 Å². The molecule has 1 aromatic rings. The molecule has 1 aromatic carbocycles. The van der Waals surface area contributed by atoms with E-state index in [4.69, 9.17) is 0 Å². The lowest BCUT2D eigenvalue weighted by molar-refractivity contribution is -0.116. The summed E-state index contributed by atoms with van der Waals surface area (Å²) in [5.41, 5.74) is 0.280. The van der Waals surface area contributed by atoms with Gasteiger partial charge in [0.15, 0.2) is 0 Å². The highest BCUT2D eigenvalue weighted by Gasteiger charge is 2.16. The molecule has 0 bridgehead atoms. The van der Waals surface area contributed by atoms with Gasteiger partial charge in [0, 0.05) is 6.42 Å². The maximum Gasteiger partial charge on any atom is 0.387 e. The van der Waals surface area contributed by atoms with Crippen LogP contribution in [0.3, 0.4) is 0 Å². The van der Waals surface area contributed by atoms with Gasteiger partial charge in [-0.05, 0) is 44.0 Å². The first kappa shape index (κ1) is 14.7. The van der Waals surface area contributed by atoms with Crippen LogP contribution in [-0.2, 0) is 4.79 Å². The molecule has 2 N–H and O–H groups in total. The van der Waals surface area contributed by atoms with E-state index in [-0.39, 0.29) is 17.3 Å². The van der Waals surface area contributed by atoms with E-state index in [0.29, 0.717) is 12.3 Å². The van der Waals surface area contributed by atoms with E-state index in [1.54, 1.807) is 18.2 Å². The monoisotopic (exact) mass is 284 g/mol. The van der Waals surface area contributed by atoms with E-state index in [1.165, 1.54) is 6.07 Å². The first-order chi connectivity index (χ1) is 9.65. The van der Waals surface area contributed by atoms with E-state index in [1.807, 2.05) is 0 Å². The Labute approximate surface area is 116 Å². The molecule has 1 amide bonds. The smallest absolute Gasteiger partial charge is 0.387 e. The molecule has 20 heavy (non-hydrogen) atoms. The average Bonchev–Trinajstić information content (AvgIpc) is 2.91. The van der Waals surface area contributed by atoms with Gasteiger partial charge < -0.3 is 15.4 Å². The largest absolute Gasteiger partial charge is 0.433 e. The SMILES string of the molecule is O=C(CCC1CCNC1)Nc1ccccc1OC(F)F. The van der Waals surface area contributed by atoms with Crippen LogP contribution in [0.5, 0.6) is 5.75 Å². The summed E-state index contributed by atoms with van der Waals surface area (Å²) in [6, 6.07) is 6.20. The number of carbonyl (C=O) groups excluding carboxylic acids is 1. The maximum absolute atomic E-state index is 12.2. The van der Waals surface area contributed by atoms with Crippen molar-refractivity contribution in [2.75, 3.05) is 18.4 Å². The third-order valence-corrected chi connectivity index (χ3v) is 3.32. The van der Waals surface area contributed by atoms with Crippen LogP contribution in [0.1, 0.15) is 19.3 Å². The number of benzene rings is 1. The normalized spacial score (nSPS) is 18.2. The van der Waals surface area contributed by atoms with Crippen molar-refractivity contribution in [2.45, 2.75) is 25.9 Å². The number of para-hydroxylation sites is 2. The first-order valence-electron chi connectivity index (χ1n) is 6.69. The van der Waals surface area contributed by atoms with Gasteiger partial charge in [-0.2, -0.15) is 8.78 Å². The molecule has 0 saturated carbocycles. The quantitative estimate of drug-likeness (QED) is 0.844. The minimum absolute atomic E-state index is 0.0154. The average molecular weight is 284 g/mol. The van der Waals surface area contributed by atoms with Crippen molar-refractivity contribution >= 4 is 11.6 Å². The molecule has 0 aliphatic carbocycles. The van der Waals surface area contributed by atoms with E-state index >= 15 is 0 Å². The lowest BCUT2D eigenvalue weighted by Gasteiger charge is -2.12. The second-order valence-electron chi connectivity index (χ2n) is 4.82. The molecule has 1 heterocycles. The van der Waals surface area contributed by atoms with Crippen molar-refractivity contribution in [3.05, 3.63) is 24.3 Å². The van der Waals surface area contributed by atoms with Crippen LogP contribution in [0, 0.1) is 5.92 Å². The van der Waals surface area contributed by atoms with Crippen molar-refractivity contribution < 1.29 is 18.3 Å². The maximum atomic E-state index is 12.2. The fraction of sp³-hybridized carbons (Fsp3) is 0.500. The van der Waals surface area contributed by atoms with Gasteiger partial charge in [0.1, 0.15) is 5.75 Å². The van der Waals surface area contributed by atoms with Gasteiger partial charge in [0.25, 0.3) is 0 Å². The molecule has 1 unspecified atom stereocenters. The second-order valence-corrected chi connectivity index (χ2v) is 4.82. The van der Waals surface area contributed by atoms with Gasteiger partial charge in [-0.25, -0.2) is 0 Å². The topological polar surface area (TPSA) is 50.4 Å². The van der Waals surface area contributed by atoms with Crippen molar-refractivity contribution in [1.29, 1.82) is 0 Å². The fourth-order valence-corrected chi connectivity index (χ4v) is 2.28. The van der Waals surface area contributed by atoms with Crippen molar-refractivity contribution in [1.82, 2.24) is 5.32 Å². The molecular formula is C14H18F2N2O2. The minimum atomic E-state index is -2.90. The Kier molecular flexibility index (Phi) is 5.29. The summed E-state index contributed by atoms with van der Waals surface area (Å²) < 4.78 is 28.9. The zero-order valence-electron chi connectivity index (χ0n) is 11.1. The number of rotatable bonds is 6. The molecule has 4 nitrogen and oxygen atoms in total. The highest BCUT2D eigenvalue weighted by atomic mass is 19.3. The van der Waals surface area contributed by atoms with Crippen LogP contribution < -0.4 is 15.4 Å². The van der Waals surface area contributed by atoms with Crippen LogP contribution in [0.25, 0.3) is 0 Å². The Morgan fingerprint density at radius 1 is 1.45 bits per heavy atom. The van der Waals surface area contributed by atoms with Gasteiger partial charge in [-0.15, -0.1) is 0 Å². The number of hydrogen-bond acceptors (Lipinski definition) is 3. The molecule has 1 atom stereocenters. The van der Waals surface area contributed by atoms with Crippen LogP contribution >= 0.6 is 0 Å². The Morgan fingerprint density at radius 2 is 2.25 bits per heavy atom. The predicted molar refractivity (Wildman–Crippen MR) is 71.9 cm³/mol. The summed E-state index contributed by atoms with van der Waals surface area (Å²) in [5.74, 6) is 0.328. The fourth-order valence-electron chi connectivity index (χ4n) is 2.28. The zero-order chi connectivity index (χ0) is 14.4. The van der Waals surface area contributed by atoms with Crippen molar-refractivity contribution in [3.63, 3.8) is 0 Å². The Morgan fingerprint density at radius 3 is 2.95 bits per heavy atom. The highest BCUT2D eigenvalue weighted by Crippen LogP contribution is 2.26. The molecular weight excluding hydrogens is 266 g/mol. The molecule has 1 saturated heterocycles. The zero-order valence-corrected chi connectivity index (χ0v) is 11.1. The van der Waals surface area contributed by atoms with Crippen LogP contribution in [0.4, 0.5) is 14.5 Å². The predicted octanol–water partition coefficient (Wildman–Crippen LogP) is 2.62. The number of nitrogens with one attached hydrogen (secondary N) is 2. The molecule has 1 aliphatic heterocycles. The summed E-state index contributed by atoms with van der Waals surface area (Å²) in [6.07, 6.45) is 2.27. The number of carbonyl (C=O) groups is 1. The van der Waals surface area contributed by atoms with Gasteiger partial charge >= 0.3 is 6.61 Å². The number of ether oxygens (including phenoxy) is 1. The van der Waals surface area contributed by atoms with Gasteiger partial charge in [0.2, 0.25) is 5.91 Å². The van der Waals surface area contributed by atoms with Crippen LogP contribution in [0.15, 0.2) is 24.3 Å². The highest BCUT2D eigenvalue weighted by molar-refractivity contribution is 5.92. The number of amides is 1. The van der Waals surface area contributed by atoms with Gasteiger partial charge in [-0.3, -0.25) is 4.79 Å². The van der Waals surface area contributed by atoms with Crippen molar-refractivity contribution in [3.8, 4) is 5.75 Å². The Hall–Kier alpha value is -1.69. The molecule has 0 radical (unpaired) electrons. The number of anilines is 1. The molecule has 2 rings (SSSR count). The van der Waals surface area contributed by atoms with Crippen LogP contribution in [-0.4, -0.2) is 25.6 Å². The summed E-state index contributed by atoms with van der Waals surface area (Å²) in [5, 5.41) is 5.86. The van der Waals surface area contributed by atoms with Gasteiger partial charge in [-0.1, -0.05) is 12.1 Å². The summed E-state index contributed by atoms with van der Waals surface area (Å²) in [7, 11) is 0. The lowest BCUT2D eigenvalue weighted by atomic mass is 10.0. The summed E-state index contributed by atoms with van der Waals surface area (Å²) >= 11 is 0. The number of halogens is 2. The number of alkyl halides is 2. The molecule has 6 heteroatoms. The van der Waals surface area contributed by atoms with Gasteiger partial charge in [0.05, 0.1) is 5.69 Å². The third-order valence-electron chi connectivity index (χ3n) is 3.32. The van der Waals surface area contributed by atoms with E-state index in [2.05, 4.69) is 15.4 Å². The van der Waals surface area contributed by atoms with E-state index in [9.17, 15) is 13.6 Å². The van der Waals surface area contributed by atoms with Crippen LogP contribution in [0.2, 0.25) is 0 Å². The molecule has 0 spiro atoms. The Bertz CT molecular complexity index is 449. The second kappa shape index (κ2) is 7.19. The first-order valence-corrected chi connectivity index (χ1v) is 6.69. The minimum Gasteiger partial charge on any atom is -0.433 e. The molecule has 1 aliphatic rings. The number of hydrogen-bond donors (Lipinski definition) is 2. The van der Waals surface area contributed by atoms with Crippen molar-refractivity contribution in [2.24, 2.45) is 5.92 Å². The van der Waals surface area contributed by atoms with E-state index in [0.717, 1.165) is 25.9 Å².